The van der Waals surface area contributed by atoms with Gasteiger partial charge in [-0.3, -0.25) is 4.98 Å². The molecule has 1 aliphatic rings. The summed E-state index contributed by atoms with van der Waals surface area (Å²) >= 11 is 6.12. The Bertz CT molecular complexity index is 772. The highest BCUT2D eigenvalue weighted by atomic mass is 35.5. The standard InChI is InChI=1S/C16H18ClN3O2S.ClH/c17-15-6-2-1-4-14(15)12-23(21,22)20-9-8-19-11-16(20)13-5-3-7-18-10-13;/h1-7,10,16,19H,8-9,11-12H2;1H. The monoisotopic (exact) mass is 387 g/mol. The summed E-state index contributed by atoms with van der Waals surface area (Å²) in [5, 5.41) is 3.73. The van der Waals surface area contributed by atoms with E-state index in [1.807, 2.05) is 12.1 Å². The minimum atomic E-state index is -3.48. The third kappa shape index (κ3) is 4.26. The maximum atomic E-state index is 12.9. The Balaban J connectivity index is 0.00000208. The minimum Gasteiger partial charge on any atom is -0.313 e. The first-order valence-electron chi connectivity index (χ1n) is 7.41. The number of rotatable bonds is 4. The molecule has 1 unspecified atom stereocenters. The van der Waals surface area contributed by atoms with Gasteiger partial charge in [-0.25, -0.2) is 8.42 Å². The smallest absolute Gasteiger partial charge is 0.218 e. The molecule has 0 amide bonds. The molecule has 130 valence electrons. The molecule has 1 aromatic carbocycles. The number of piperazine rings is 1. The average Bonchev–Trinajstić information content (AvgIpc) is 2.58. The van der Waals surface area contributed by atoms with E-state index in [0.717, 1.165) is 5.56 Å². The number of pyridine rings is 1. The van der Waals surface area contributed by atoms with Crippen LogP contribution in [0, 0.1) is 0 Å². The van der Waals surface area contributed by atoms with Crippen LogP contribution in [0.2, 0.25) is 5.02 Å². The first-order chi connectivity index (χ1) is 11.1. The largest absolute Gasteiger partial charge is 0.313 e. The van der Waals surface area contributed by atoms with Crippen molar-refractivity contribution in [2.75, 3.05) is 19.6 Å². The zero-order chi connectivity index (χ0) is 16.3. The lowest BCUT2D eigenvalue weighted by molar-refractivity contribution is 0.271. The molecule has 24 heavy (non-hydrogen) atoms. The van der Waals surface area contributed by atoms with Crippen molar-refractivity contribution in [2.24, 2.45) is 0 Å². The highest BCUT2D eigenvalue weighted by Gasteiger charge is 2.33. The number of nitrogens with zero attached hydrogens (tertiary/aromatic N) is 2. The normalized spacial score (nSPS) is 18.8. The molecule has 1 atom stereocenters. The number of sulfonamides is 1. The van der Waals surface area contributed by atoms with Gasteiger partial charge < -0.3 is 5.32 Å². The van der Waals surface area contributed by atoms with Crippen molar-refractivity contribution in [3.8, 4) is 0 Å². The van der Waals surface area contributed by atoms with Gasteiger partial charge >= 0.3 is 0 Å². The first-order valence-corrected chi connectivity index (χ1v) is 9.40. The molecular formula is C16H19Cl2N3O2S. The van der Waals surface area contributed by atoms with E-state index in [-0.39, 0.29) is 24.2 Å². The van der Waals surface area contributed by atoms with Gasteiger partial charge in [-0.1, -0.05) is 35.9 Å². The fourth-order valence-electron chi connectivity index (χ4n) is 2.77. The van der Waals surface area contributed by atoms with Crippen LogP contribution in [0.4, 0.5) is 0 Å². The summed E-state index contributed by atoms with van der Waals surface area (Å²) in [7, 11) is -3.48. The molecule has 3 rings (SSSR count). The van der Waals surface area contributed by atoms with Crippen molar-refractivity contribution in [3.63, 3.8) is 0 Å². The number of aromatic nitrogens is 1. The van der Waals surface area contributed by atoms with E-state index in [2.05, 4.69) is 10.3 Å². The second-order valence-electron chi connectivity index (χ2n) is 5.46. The van der Waals surface area contributed by atoms with Crippen molar-refractivity contribution in [1.82, 2.24) is 14.6 Å². The van der Waals surface area contributed by atoms with Gasteiger partial charge in [0.1, 0.15) is 0 Å². The SMILES string of the molecule is Cl.O=S(=O)(Cc1ccccc1Cl)N1CCNCC1c1cccnc1. The summed E-state index contributed by atoms with van der Waals surface area (Å²) in [5.41, 5.74) is 1.51. The van der Waals surface area contributed by atoms with Gasteiger partial charge in [0.15, 0.2) is 0 Å². The van der Waals surface area contributed by atoms with Gasteiger partial charge in [0.25, 0.3) is 0 Å². The maximum absolute atomic E-state index is 12.9. The number of hydrogen-bond acceptors (Lipinski definition) is 4. The molecule has 5 nitrogen and oxygen atoms in total. The van der Waals surface area contributed by atoms with E-state index >= 15 is 0 Å². The minimum absolute atomic E-state index is 0. The third-order valence-corrected chi connectivity index (χ3v) is 6.11. The van der Waals surface area contributed by atoms with Gasteiger partial charge in [-0.05, 0) is 23.3 Å². The lowest BCUT2D eigenvalue weighted by Crippen LogP contribution is -2.48. The molecule has 2 heterocycles. The lowest BCUT2D eigenvalue weighted by atomic mass is 10.1. The van der Waals surface area contributed by atoms with Crippen LogP contribution in [-0.2, 0) is 15.8 Å². The van der Waals surface area contributed by atoms with Crippen LogP contribution in [-0.4, -0.2) is 37.3 Å². The van der Waals surface area contributed by atoms with Gasteiger partial charge in [-0.15, -0.1) is 12.4 Å². The molecule has 8 heteroatoms. The summed E-state index contributed by atoms with van der Waals surface area (Å²) in [6.45, 7) is 1.65. The van der Waals surface area contributed by atoms with E-state index in [0.29, 0.717) is 30.2 Å². The zero-order valence-electron chi connectivity index (χ0n) is 12.9. The van der Waals surface area contributed by atoms with Crippen molar-refractivity contribution < 1.29 is 8.42 Å². The molecule has 2 aromatic rings. The lowest BCUT2D eigenvalue weighted by Gasteiger charge is -2.35. The van der Waals surface area contributed by atoms with Gasteiger partial charge in [0, 0.05) is 37.1 Å². The zero-order valence-corrected chi connectivity index (χ0v) is 15.3. The van der Waals surface area contributed by atoms with Crippen molar-refractivity contribution >= 4 is 34.0 Å². The van der Waals surface area contributed by atoms with Crippen LogP contribution < -0.4 is 5.32 Å². The van der Waals surface area contributed by atoms with Gasteiger partial charge in [0.05, 0.1) is 11.8 Å². The van der Waals surface area contributed by atoms with Crippen LogP contribution in [0.5, 0.6) is 0 Å². The predicted molar refractivity (Wildman–Crippen MR) is 97.9 cm³/mol. The molecule has 0 radical (unpaired) electrons. The van der Waals surface area contributed by atoms with Crippen LogP contribution in [0.3, 0.4) is 0 Å². The first kappa shape index (κ1) is 19.1. The maximum Gasteiger partial charge on any atom is 0.218 e. The number of hydrogen-bond donors (Lipinski definition) is 1. The highest BCUT2D eigenvalue weighted by molar-refractivity contribution is 7.88. The van der Waals surface area contributed by atoms with Crippen LogP contribution in [0.15, 0.2) is 48.8 Å². The topological polar surface area (TPSA) is 62.3 Å². The van der Waals surface area contributed by atoms with Gasteiger partial charge in [-0.2, -0.15) is 4.31 Å². The molecule has 0 spiro atoms. The Morgan fingerprint density at radius 3 is 2.75 bits per heavy atom. The summed E-state index contributed by atoms with van der Waals surface area (Å²) in [5.74, 6) is -0.0938. The molecule has 0 bridgehead atoms. The molecular weight excluding hydrogens is 369 g/mol. The Morgan fingerprint density at radius 2 is 2.04 bits per heavy atom. The highest BCUT2D eigenvalue weighted by Crippen LogP contribution is 2.27. The fraction of sp³-hybridized carbons (Fsp3) is 0.312. The predicted octanol–water partition coefficient (Wildman–Crippen LogP) is 2.63. The number of benzene rings is 1. The Labute approximate surface area is 153 Å². The summed E-state index contributed by atoms with van der Waals surface area (Å²) < 4.78 is 27.4. The second kappa shape index (κ2) is 8.27. The molecule has 1 N–H and O–H groups in total. The van der Waals surface area contributed by atoms with E-state index in [1.165, 1.54) is 0 Å². The molecule has 1 aliphatic heterocycles. The molecule has 1 aromatic heterocycles. The van der Waals surface area contributed by atoms with E-state index < -0.39 is 10.0 Å². The third-order valence-electron chi connectivity index (χ3n) is 3.92. The Morgan fingerprint density at radius 1 is 1.25 bits per heavy atom. The fourth-order valence-corrected chi connectivity index (χ4v) is 4.82. The van der Waals surface area contributed by atoms with E-state index in [1.54, 1.807) is 41.0 Å². The van der Waals surface area contributed by atoms with Crippen LogP contribution >= 0.6 is 24.0 Å². The Kier molecular flexibility index (Phi) is 6.60. The van der Waals surface area contributed by atoms with Crippen molar-refractivity contribution in [3.05, 3.63) is 64.9 Å². The molecule has 0 saturated carbocycles. The quantitative estimate of drug-likeness (QED) is 0.875. The molecule has 1 saturated heterocycles. The van der Waals surface area contributed by atoms with Gasteiger partial charge in [0.2, 0.25) is 10.0 Å². The molecule has 0 aliphatic carbocycles. The second-order valence-corrected chi connectivity index (χ2v) is 7.79. The number of halogens is 2. The number of nitrogens with one attached hydrogen (secondary N) is 1. The summed E-state index contributed by atoms with van der Waals surface area (Å²) in [6.07, 6.45) is 3.40. The van der Waals surface area contributed by atoms with Crippen LogP contribution in [0.25, 0.3) is 0 Å². The van der Waals surface area contributed by atoms with Crippen LogP contribution in [0.1, 0.15) is 17.2 Å². The molecule has 1 fully saturated rings. The summed E-state index contributed by atoms with van der Waals surface area (Å²) in [4.78, 5) is 4.10. The van der Waals surface area contributed by atoms with Crippen molar-refractivity contribution in [1.29, 1.82) is 0 Å². The van der Waals surface area contributed by atoms with Crippen molar-refractivity contribution in [2.45, 2.75) is 11.8 Å². The average molecular weight is 388 g/mol. The summed E-state index contributed by atoms with van der Waals surface area (Å²) in [6, 6.07) is 10.5. The Hall–Kier alpha value is -1.18. The van der Waals surface area contributed by atoms with E-state index in [4.69, 9.17) is 11.6 Å². The van der Waals surface area contributed by atoms with E-state index in [9.17, 15) is 8.42 Å².